The van der Waals surface area contributed by atoms with Gasteiger partial charge < -0.3 is 20.1 Å². The van der Waals surface area contributed by atoms with Gasteiger partial charge in [0.25, 0.3) is 5.91 Å². The molecule has 2 aliphatic rings. The Bertz CT molecular complexity index is 1050. The molecule has 1 aromatic heterocycles. The Labute approximate surface area is 220 Å². The maximum atomic E-state index is 13.7. The molecule has 8 nitrogen and oxygen atoms in total. The normalized spacial score (nSPS) is 17.2. The van der Waals surface area contributed by atoms with E-state index in [1.54, 1.807) is 6.20 Å². The molecule has 2 heterocycles. The number of aldehydes is 1. The largest absolute Gasteiger partial charge is 0.394 e. The number of aliphatic hydroxyl groups is 1. The van der Waals surface area contributed by atoms with E-state index in [4.69, 9.17) is 9.84 Å². The summed E-state index contributed by atoms with van der Waals surface area (Å²) in [4.78, 5) is 27.5. The van der Waals surface area contributed by atoms with E-state index in [1.807, 2.05) is 22.7 Å². The van der Waals surface area contributed by atoms with Crippen LogP contribution in [0.15, 0.2) is 18.3 Å². The van der Waals surface area contributed by atoms with Crippen molar-refractivity contribution < 1.29 is 19.4 Å². The fraction of sp³-hybridized carbons (Fsp3) is 0.621. The molecule has 2 N–H and O–H groups in total. The number of anilines is 1. The number of aromatic nitrogens is 2. The van der Waals surface area contributed by atoms with Crippen molar-refractivity contribution in [3.8, 4) is 0 Å². The van der Waals surface area contributed by atoms with Crippen molar-refractivity contribution in [1.82, 2.24) is 14.7 Å². The Morgan fingerprint density at radius 1 is 1.16 bits per heavy atom. The molecule has 0 unspecified atom stereocenters. The van der Waals surface area contributed by atoms with Crippen molar-refractivity contribution in [3.63, 3.8) is 0 Å². The molecule has 0 atom stereocenters. The highest BCUT2D eigenvalue weighted by atomic mass is 16.5. The lowest BCUT2D eigenvalue weighted by Gasteiger charge is -2.32. The van der Waals surface area contributed by atoms with Crippen LogP contribution in [0.4, 0.5) is 5.69 Å². The van der Waals surface area contributed by atoms with Crippen LogP contribution in [0.25, 0.3) is 0 Å². The summed E-state index contributed by atoms with van der Waals surface area (Å²) in [5, 5.41) is 16.9. The van der Waals surface area contributed by atoms with Crippen molar-refractivity contribution in [3.05, 3.63) is 46.3 Å². The third-order valence-electron chi connectivity index (χ3n) is 8.01. The average molecular weight is 511 g/mol. The minimum Gasteiger partial charge on any atom is -0.394 e. The minimum absolute atomic E-state index is 0.0188. The van der Waals surface area contributed by atoms with Crippen LogP contribution in [-0.4, -0.2) is 71.4 Å². The van der Waals surface area contributed by atoms with Crippen LogP contribution in [0.5, 0.6) is 0 Å². The summed E-state index contributed by atoms with van der Waals surface area (Å²) in [6.07, 6.45) is 11.8. The zero-order chi connectivity index (χ0) is 26.2. The lowest BCUT2D eigenvalue weighted by atomic mass is 9.89. The first-order valence-electron chi connectivity index (χ1n) is 13.9. The highest BCUT2D eigenvalue weighted by Crippen LogP contribution is 2.29. The molecule has 2 fully saturated rings. The number of likely N-dealkylation sites (tertiary alicyclic amines) is 1. The highest BCUT2D eigenvalue weighted by molar-refractivity contribution is 5.96. The molecule has 0 spiro atoms. The molecule has 0 bridgehead atoms. The van der Waals surface area contributed by atoms with Gasteiger partial charge in [-0.25, -0.2) is 0 Å². The third-order valence-corrected chi connectivity index (χ3v) is 8.01. The van der Waals surface area contributed by atoms with E-state index in [0.717, 1.165) is 60.2 Å². The number of aliphatic hydroxyl groups excluding tert-OH is 1. The molecule has 8 heteroatoms. The van der Waals surface area contributed by atoms with Crippen molar-refractivity contribution in [2.24, 2.45) is 5.92 Å². The van der Waals surface area contributed by atoms with Gasteiger partial charge in [-0.1, -0.05) is 26.2 Å². The standard InChI is InChI=1S/C29H42N4O4/c1-3-22-16-27(30-2)23(15-26(22)29(36)32-11-9-25(10-12-32)37-14-13-34)17-28-24(20-35)18-31-33(28)19-21-7-5-4-6-8-21/h15-16,18,20-21,25,30,34H,3-14,17,19H2,1-2H3. The van der Waals surface area contributed by atoms with Gasteiger partial charge in [-0.3, -0.25) is 14.3 Å². The Hall–Kier alpha value is -2.71. The number of piperidine rings is 1. The zero-order valence-electron chi connectivity index (χ0n) is 22.4. The first-order valence-corrected chi connectivity index (χ1v) is 13.9. The van der Waals surface area contributed by atoms with Crippen molar-refractivity contribution >= 4 is 17.9 Å². The maximum Gasteiger partial charge on any atom is 0.254 e. The lowest BCUT2D eigenvalue weighted by molar-refractivity contribution is -0.00556. The molecule has 1 aliphatic carbocycles. The maximum absolute atomic E-state index is 13.7. The first kappa shape index (κ1) is 27.3. The molecule has 1 aromatic carbocycles. The molecule has 4 rings (SSSR count). The summed E-state index contributed by atoms with van der Waals surface area (Å²) in [6, 6.07) is 4.11. The summed E-state index contributed by atoms with van der Waals surface area (Å²) in [5.41, 5.74) is 5.27. The number of amides is 1. The van der Waals surface area contributed by atoms with Crippen LogP contribution in [0.2, 0.25) is 0 Å². The number of hydrogen-bond acceptors (Lipinski definition) is 6. The van der Waals surface area contributed by atoms with Crippen LogP contribution in [0.3, 0.4) is 0 Å². The zero-order valence-corrected chi connectivity index (χ0v) is 22.4. The summed E-state index contributed by atoms with van der Waals surface area (Å²) >= 11 is 0. The molecular formula is C29H42N4O4. The minimum atomic E-state index is 0.0188. The Morgan fingerprint density at radius 2 is 1.92 bits per heavy atom. The topological polar surface area (TPSA) is 96.7 Å². The summed E-state index contributed by atoms with van der Waals surface area (Å²) in [5.74, 6) is 0.646. The Morgan fingerprint density at radius 3 is 2.57 bits per heavy atom. The van der Waals surface area contributed by atoms with Crippen molar-refractivity contribution in [2.45, 2.75) is 77.4 Å². The van der Waals surface area contributed by atoms with Crippen LogP contribution < -0.4 is 5.32 Å². The van der Waals surface area contributed by atoms with E-state index in [0.29, 0.717) is 37.6 Å². The smallest absolute Gasteiger partial charge is 0.254 e. The van der Waals surface area contributed by atoms with Gasteiger partial charge in [0.1, 0.15) is 0 Å². The molecule has 1 saturated heterocycles. The van der Waals surface area contributed by atoms with Gasteiger partial charge in [-0.2, -0.15) is 5.10 Å². The molecule has 0 radical (unpaired) electrons. The summed E-state index contributed by atoms with van der Waals surface area (Å²) < 4.78 is 7.69. The predicted molar refractivity (Wildman–Crippen MR) is 144 cm³/mol. The van der Waals surface area contributed by atoms with Gasteiger partial charge in [0, 0.05) is 44.4 Å². The van der Waals surface area contributed by atoms with Crippen molar-refractivity contribution in [1.29, 1.82) is 0 Å². The fourth-order valence-corrected chi connectivity index (χ4v) is 5.84. The van der Waals surface area contributed by atoms with E-state index in [-0.39, 0.29) is 18.6 Å². The lowest BCUT2D eigenvalue weighted by Crippen LogP contribution is -2.41. The Kier molecular flexibility index (Phi) is 9.75. The average Bonchev–Trinajstić information content (AvgIpc) is 3.32. The van der Waals surface area contributed by atoms with Gasteiger partial charge in [0.15, 0.2) is 6.29 Å². The number of rotatable bonds is 11. The van der Waals surface area contributed by atoms with E-state index in [2.05, 4.69) is 23.4 Å². The summed E-state index contributed by atoms with van der Waals surface area (Å²) in [7, 11) is 1.90. The van der Waals surface area contributed by atoms with Crippen LogP contribution in [-0.2, 0) is 24.1 Å². The van der Waals surface area contributed by atoms with Gasteiger partial charge in [0.2, 0.25) is 0 Å². The molecular weight excluding hydrogens is 468 g/mol. The first-order chi connectivity index (χ1) is 18.1. The second-order valence-corrected chi connectivity index (χ2v) is 10.4. The second kappa shape index (κ2) is 13.2. The van der Waals surface area contributed by atoms with E-state index in [9.17, 15) is 9.59 Å². The number of nitrogens with zero attached hydrogens (tertiary/aromatic N) is 3. The number of ether oxygens (including phenoxy) is 1. The van der Waals surface area contributed by atoms with Crippen molar-refractivity contribution in [2.75, 3.05) is 38.7 Å². The third kappa shape index (κ3) is 6.60. The van der Waals surface area contributed by atoms with E-state index < -0.39 is 0 Å². The molecule has 1 amide bonds. The second-order valence-electron chi connectivity index (χ2n) is 10.4. The van der Waals surface area contributed by atoms with Crippen LogP contribution in [0, 0.1) is 5.92 Å². The molecule has 2 aromatic rings. The molecule has 1 aliphatic heterocycles. The van der Waals surface area contributed by atoms with Gasteiger partial charge in [-0.15, -0.1) is 0 Å². The number of nitrogens with one attached hydrogen (secondary N) is 1. The van der Waals surface area contributed by atoms with Gasteiger partial charge in [0.05, 0.1) is 36.8 Å². The molecule has 202 valence electrons. The van der Waals surface area contributed by atoms with E-state index >= 15 is 0 Å². The predicted octanol–water partition coefficient (Wildman–Crippen LogP) is 4.08. The Balaban J connectivity index is 1.58. The molecule has 1 saturated carbocycles. The van der Waals surface area contributed by atoms with Gasteiger partial charge in [-0.05, 0) is 61.3 Å². The summed E-state index contributed by atoms with van der Waals surface area (Å²) in [6.45, 7) is 4.56. The van der Waals surface area contributed by atoms with Gasteiger partial charge >= 0.3 is 0 Å². The number of carbonyl (C=O) groups is 2. The van der Waals surface area contributed by atoms with Crippen LogP contribution >= 0.6 is 0 Å². The number of aryl methyl sites for hydroxylation is 1. The monoisotopic (exact) mass is 510 g/mol. The van der Waals surface area contributed by atoms with E-state index in [1.165, 1.54) is 32.1 Å². The molecule has 37 heavy (non-hydrogen) atoms. The number of benzene rings is 1. The quantitative estimate of drug-likeness (QED) is 0.442. The van der Waals surface area contributed by atoms with Crippen LogP contribution in [0.1, 0.15) is 89.4 Å². The highest BCUT2D eigenvalue weighted by Gasteiger charge is 2.27. The number of carbonyl (C=O) groups excluding carboxylic acids is 2. The fourth-order valence-electron chi connectivity index (χ4n) is 5.84. The SMILES string of the molecule is CCc1cc(NC)c(Cc2c(C=O)cnn2CC2CCCCC2)cc1C(=O)N1CCC(OCCO)CC1. The number of hydrogen-bond donors (Lipinski definition) is 2.